The van der Waals surface area contributed by atoms with E-state index in [2.05, 4.69) is 10.6 Å². The Morgan fingerprint density at radius 2 is 2.15 bits per heavy atom. The quantitative estimate of drug-likeness (QED) is 0.799. The number of thiophene rings is 1. The second-order valence-electron chi connectivity index (χ2n) is 5.33. The molecular formula is C14H20N2O3S. The summed E-state index contributed by atoms with van der Waals surface area (Å²) in [5, 5.41) is 14.7. The lowest BCUT2D eigenvalue weighted by atomic mass is 10.1. The Labute approximate surface area is 122 Å². The fraction of sp³-hybridized carbons (Fsp3) is 0.571. The minimum atomic E-state index is -0.767. The van der Waals surface area contributed by atoms with Crippen LogP contribution < -0.4 is 10.6 Å². The highest BCUT2D eigenvalue weighted by Crippen LogP contribution is 2.26. The zero-order chi connectivity index (χ0) is 14.7. The fourth-order valence-electron chi connectivity index (χ4n) is 2.52. The molecule has 1 aromatic heterocycles. The minimum absolute atomic E-state index is 0.0339. The van der Waals surface area contributed by atoms with E-state index in [1.807, 2.05) is 26.0 Å². The Bertz CT molecular complexity index is 500. The minimum Gasteiger partial charge on any atom is -0.481 e. The summed E-state index contributed by atoms with van der Waals surface area (Å²) in [6.45, 7) is 3.98. The molecule has 6 heteroatoms. The van der Waals surface area contributed by atoms with Gasteiger partial charge in [-0.05, 0) is 45.2 Å². The van der Waals surface area contributed by atoms with E-state index in [4.69, 9.17) is 5.11 Å². The van der Waals surface area contributed by atoms with Crippen LogP contribution in [0.15, 0.2) is 12.1 Å². The number of carboxylic acids is 1. The zero-order valence-electron chi connectivity index (χ0n) is 11.7. The van der Waals surface area contributed by atoms with Crippen LogP contribution in [-0.4, -0.2) is 23.1 Å². The Kier molecular flexibility index (Phi) is 4.65. The first-order valence-corrected chi connectivity index (χ1v) is 7.63. The Hall–Kier alpha value is -1.56. The van der Waals surface area contributed by atoms with Gasteiger partial charge in [-0.2, -0.15) is 0 Å². The maximum atomic E-state index is 11.9. The number of carbonyl (C=O) groups excluding carboxylic acids is 1. The number of hydrogen-bond acceptors (Lipinski definition) is 3. The van der Waals surface area contributed by atoms with Gasteiger partial charge in [0, 0.05) is 15.8 Å². The van der Waals surface area contributed by atoms with Crippen molar-refractivity contribution < 1.29 is 14.7 Å². The lowest BCUT2D eigenvalue weighted by Crippen LogP contribution is -2.42. The summed E-state index contributed by atoms with van der Waals surface area (Å²) < 4.78 is 0. The van der Waals surface area contributed by atoms with Crippen LogP contribution in [0.3, 0.4) is 0 Å². The van der Waals surface area contributed by atoms with Crippen molar-refractivity contribution in [1.29, 1.82) is 0 Å². The molecule has 1 unspecified atom stereocenters. The van der Waals surface area contributed by atoms with Crippen molar-refractivity contribution in [3.63, 3.8) is 0 Å². The van der Waals surface area contributed by atoms with Crippen LogP contribution in [0.4, 0.5) is 4.79 Å². The molecule has 0 bridgehead atoms. The number of rotatable bonds is 4. The summed E-state index contributed by atoms with van der Waals surface area (Å²) in [5.74, 6) is -1.09. The summed E-state index contributed by atoms with van der Waals surface area (Å²) >= 11 is 1.66. The SMILES string of the molecule is Cc1ccc(C(C)NC(=O)N[C@H]2CC[C@@H](C(=O)O)C2)s1. The summed E-state index contributed by atoms with van der Waals surface area (Å²) in [7, 11) is 0. The Balaban J connectivity index is 1.80. The predicted octanol–water partition coefficient (Wildman–Crippen LogP) is 2.67. The summed E-state index contributed by atoms with van der Waals surface area (Å²) in [6.07, 6.45) is 1.89. The second-order valence-corrected chi connectivity index (χ2v) is 6.65. The van der Waals surface area contributed by atoms with Gasteiger partial charge in [-0.25, -0.2) is 4.79 Å². The highest BCUT2D eigenvalue weighted by atomic mass is 32.1. The molecule has 0 aliphatic heterocycles. The first-order chi connectivity index (χ1) is 9.45. The topological polar surface area (TPSA) is 78.4 Å². The van der Waals surface area contributed by atoms with Gasteiger partial charge in [-0.15, -0.1) is 11.3 Å². The van der Waals surface area contributed by atoms with Gasteiger partial charge in [0.05, 0.1) is 12.0 Å². The molecule has 2 amide bonds. The van der Waals surface area contributed by atoms with Crippen molar-refractivity contribution in [3.8, 4) is 0 Å². The van der Waals surface area contributed by atoms with Gasteiger partial charge >= 0.3 is 12.0 Å². The number of nitrogens with one attached hydrogen (secondary N) is 2. The summed E-state index contributed by atoms with van der Waals surface area (Å²) in [6, 6.07) is 3.75. The molecule has 5 nitrogen and oxygen atoms in total. The molecule has 3 atom stereocenters. The molecule has 0 aromatic carbocycles. The molecule has 0 radical (unpaired) electrons. The van der Waals surface area contributed by atoms with Crippen molar-refractivity contribution >= 4 is 23.3 Å². The van der Waals surface area contributed by atoms with Crippen LogP contribution in [0.5, 0.6) is 0 Å². The molecule has 1 heterocycles. The van der Waals surface area contributed by atoms with Crippen LogP contribution in [0, 0.1) is 12.8 Å². The van der Waals surface area contributed by atoms with E-state index >= 15 is 0 Å². The van der Waals surface area contributed by atoms with Gasteiger partial charge in [-0.1, -0.05) is 0 Å². The van der Waals surface area contributed by atoms with Crippen LogP contribution in [0.2, 0.25) is 0 Å². The number of urea groups is 1. The van der Waals surface area contributed by atoms with E-state index in [0.29, 0.717) is 12.8 Å². The molecule has 0 saturated heterocycles. The average Bonchev–Trinajstić information content (AvgIpc) is 2.98. The van der Waals surface area contributed by atoms with Crippen LogP contribution in [0.25, 0.3) is 0 Å². The van der Waals surface area contributed by atoms with E-state index < -0.39 is 5.97 Å². The first kappa shape index (κ1) is 14.8. The summed E-state index contributed by atoms with van der Waals surface area (Å²) in [5.41, 5.74) is 0. The van der Waals surface area contributed by atoms with E-state index in [-0.39, 0.29) is 24.0 Å². The molecule has 20 heavy (non-hydrogen) atoms. The molecule has 1 aliphatic carbocycles. The average molecular weight is 296 g/mol. The monoisotopic (exact) mass is 296 g/mol. The third-order valence-electron chi connectivity index (χ3n) is 3.65. The maximum absolute atomic E-state index is 11.9. The zero-order valence-corrected chi connectivity index (χ0v) is 12.5. The second kappa shape index (κ2) is 6.26. The Morgan fingerprint density at radius 3 is 2.70 bits per heavy atom. The largest absolute Gasteiger partial charge is 0.481 e. The molecule has 0 spiro atoms. The standard InChI is InChI=1S/C14H20N2O3S/c1-8-3-6-12(20-8)9(2)15-14(19)16-11-5-4-10(7-11)13(17)18/h3,6,9-11H,4-5,7H2,1-2H3,(H,17,18)(H2,15,16,19)/t9?,10-,11+/m1/s1. The van der Waals surface area contributed by atoms with Crippen LogP contribution >= 0.6 is 11.3 Å². The first-order valence-electron chi connectivity index (χ1n) is 6.82. The molecule has 1 aromatic rings. The Morgan fingerprint density at radius 1 is 1.40 bits per heavy atom. The molecule has 3 N–H and O–H groups in total. The van der Waals surface area contributed by atoms with Crippen molar-refractivity contribution in [3.05, 3.63) is 21.9 Å². The molecule has 1 aliphatic rings. The lowest BCUT2D eigenvalue weighted by molar-refractivity contribution is -0.141. The molecule has 2 rings (SSSR count). The van der Waals surface area contributed by atoms with E-state index in [1.165, 1.54) is 4.88 Å². The van der Waals surface area contributed by atoms with Crippen LogP contribution in [-0.2, 0) is 4.79 Å². The number of carbonyl (C=O) groups is 2. The van der Waals surface area contributed by atoms with E-state index in [1.54, 1.807) is 11.3 Å². The van der Waals surface area contributed by atoms with Crippen molar-refractivity contribution in [2.24, 2.45) is 5.92 Å². The molecular weight excluding hydrogens is 276 g/mol. The highest BCUT2D eigenvalue weighted by Gasteiger charge is 2.30. The smallest absolute Gasteiger partial charge is 0.315 e. The lowest BCUT2D eigenvalue weighted by Gasteiger charge is -2.17. The van der Waals surface area contributed by atoms with E-state index in [0.717, 1.165) is 11.3 Å². The van der Waals surface area contributed by atoms with Gasteiger partial charge in [-0.3, -0.25) is 4.79 Å². The number of aryl methyl sites for hydroxylation is 1. The number of hydrogen-bond donors (Lipinski definition) is 3. The normalized spacial score (nSPS) is 23.3. The highest BCUT2D eigenvalue weighted by molar-refractivity contribution is 7.12. The van der Waals surface area contributed by atoms with Gasteiger partial charge in [0.2, 0.25) is 0 Å². The number of aliphatic carboxylic acids is 1. The van der Waals surface area contributed by atoms with Crippen molar-refractivity contribution in [2.75, 3.05) is 0 Å². The number of carboxylic acid groups (broad SMARTS) is 1. The molecule has 1 fully saturated rings. The van der Waals surface area contributed by atoms with Gasteiger partial charge in [0.15, 0.2) is 0 Å². The predicted molar refractivity (Wildman–Crippen MR) is 77.9 cm³/mol. The van der Waals surface area contributed by atoms with Crippen LogP contribution in [0.1, 0.15) is 42.0 Å². The van der Waals surface area contributed by atoms with E-state index in [9.17, 15) is 9.59 Å². The molecule has 1 saturated carbocycles. The summed E-state index contributed by atoms with van der Waals surface area (Å²) in [4.78, 5) is 25.1. The third kappa shape index (κ3) is 3.72. The molecule has 110 valence electrons. The van der Waals surface area contributed by atoms with Gasteiger partial charge in [0.25, 0.3) is 0 Å². The maximum Gasteiger partial charge on any atom is 0.315 e. The van der Waals surface area contributed by atoms with Gasteiger partial charge in [0.1, 0.15) is 0 Å². The van der Waals surface area contributed by atoms with Gasteiger partial charge < -0.3 is 15.7 Å². The van der Waals surface area contributed by atoms with Crippen molar-refractivity contribution in [2.45, 2.75) is 45.2 Å². The number of amides is 2. The third-order valence-corrected chi connectivity index (χ3v) is 4.84. The van der Waals surface area contributed by atoms with Crippen molar-refractivity contribution in [1.82, 2.24) is 10.6 Å². The fourth-order valence-corrected chi connectivity index (χ4v) is 3.40.